The molecule has 1 atom stereocenters. The first-order valence-corrected chi connectivity index (χ1v) is 6.19. The fourth-order valence-electron chi connectivity index (χ4n) is 1.74. The van der Waals surface area contributed by atoms with Crippen LogP contribution in [0, 0.1) is 5.92 Å². The normalized spacial score (nSPS) is 17.8. The number of benzene rings is 1. The van der Waals surface area contributed by atoms with Crippen LogP contribution in [0.3, 0.4) is 0 Å². The molecule has 2 nitrogen and oxygen atoms in total. The van der Waals surface area contributed by atoms with Gasteiger partial charge >= 0.3 is 0 Å². The zero-order valence-electron chi connectivity index (χ0n) is 8.21. The lowest BCUT2D eigenvalue weighted by Crippen LogP contribution is -2.12. The second kappa shape index (κ2) is 4.32. The minimum absolute atomic E-state index is 0.110. The first-order chi connectivity index (χ1) is 7.09. The largest absolute Gasteiger partial charge is 0.506 e. The van der Waals surface area contributed by atoms with Crippen LogP contribution < -0.4 is 5.73 Å². The van der Waals surface area contributed by atoms with Crippen molar-refractivity contribution in [3.8, 4) is 5.75 Å². The second-order valence-corrected chi connectivity index (χ2v) is 5.34. The topological polar surface area (TPSA) is 46.2 Å². The van der Waals surface area contributed by atoms with Crippen molar-refractivity contribution in [2.24, 2.45) is 11.7 Å². The molecule has 1 aliphatic carbocycles. The Bertz CT molecular complexity index is 379. The minimum atomic E-state index is -0.134. The van der Waals surface area contributed by atoms with E-state index in [-0.39, 0.29) is 11.8 Å². The molecule has 0 bridgehead atoms. The van der Waals surface area contributed by atoms with E-state index in [1.54, 1.807) is 6.07 Å². The van der Waals surface area contributed by atoms with Gasteiger partial charge in [0.15, 0.2) is 0 Å². The summed E-state index contributed by atoms with van der Waals surface area (Å²) < 4.78 is 0.831. The van der Waals surface area contributed by atoms with Crippen molar-refractivity contribution in [1.82, 2.24) is 0 Å². The molecule has 82 valence electrons. The molecule has 1 aliphatic rings. The van der Waals surface area contributed by atoms with Crippen molar-refractivity contribution in [3.63, 3.8) is 0 Å². The van der Waals surface area contributed by atoms with E-state index < -0.39 is 0 Å². The zero-order valence-corrected chi connectivity index (χ0v) is 10.6. The molecule has 1 aromatic rings. The van der Waals surface area contributed by atoms with Gasteiger partial charge in [0.05, 0.1) is 5.02 Å². The second-order valence-electron chi connectivity index (χ2n) is 4.08. The first-order valence-electron chi connectivity index (χ1n) is 5.02. The molecule has 0 unspecified atom stereocenters. The molecule has 0 saturated heterocycles. The summed E-state index contributed by atoms with van der Waals surface area (Å²) in [5, 5.41) is 10.2. The van der Waals surface area contributed by atoms with Gasteiger partial charge in [-0.1, -0.05) is 40.4 Å². The van der Waals surface area contributed by atoms with Gasteiger partial charge in [-0.2, -0.15) is 0 Å². The van der Waals surface area contributed by atoms with Crippen LogP contribution in [0.25, 0.3) is 0 Å². The molecular formula is C11H13BrClNO. The monoisotopic (exact) mass is 289 g/mol. The summed E-state index contributed by atoms with van der Waals surface area (Å²) in [7, 11) is 0. The molecule has 1 saturated carbocycles. The Labute approximate surface area is 103 Å². The quantitative estimate of drug-likeness (QED) is 0.893. The van der Waals surface area contributed by atoms with Crippen LogP contribution in [0.5, 0.6) is 5.75 Å². The molecule has 4 heteroatoms. The van der Waals surface area contributed by atoms with Gasteiger partial charge in [0.1, 0.15) is 5.75 Å². The summed E-state index contributed by atoms with van der Waals surface area (Å²) in [5.41, 5.74) is 6.79. The lowest BCUT2D eigenvalue weighted by molar-refractivity contribution is 0.455. The van der Waals surface area contributed by atoms with Crippen LogP contribution in [0.4, 0.5) is 0 Å². The highest BCUT2D eigenvalue weighted by Gasteiger charge is 2.27. The summed E-state index contributed by atoms with van der Waals surface area (Å²) in [5.74, 6) is 0.837. The summed E-state index contributed by atoms with van der Waals surface area (Å²) in [6.07, 6.45) is 3.44. The van der Waals surface area contributed by atoms with Crippen LogP contribution in [-0.2, 0) is 0 Å². The fraction of sp³-hybridized carbons (Fsp3) is 0.455. The molecule has 0 amide bonds. The standard InChI is InChI=1S/C11H13BrClNO/c12-7-3-4-8(13)11(15)10(7)9(14)5-6-1-2-6/h3-4,6,9,15H,1-2,5,14H2/t9-/m1/s1. The third kappa shape index (κ3) is 2.47. The molecule has 3 N–H and O–H groups in total. The number of phenolic OH excluding ortho intramolecular Hbond substituents is 1. The lowest BCUT2D eigenvalue weighted by atomic mass is 10.0. The molecular weight excluding hydrogens is 277 g/mol. The summed E-state index contributed by atoms with van der Waals surface area (Å²) in [6, 6.07) is 3.35. The Kier molecular flexibility index (Phi) is 3.24. The molecule has 1 aromatic carbocycles. The predicted molar refractivity (Wildman–Crippen MR) is 65.1 cm³/mol. The smallest absolute Gasteiger partial charge is 0.140 e. The average molecular weight is 291 g/mol. The Balaban J connectivity index is 2.27. The van der Waals surface area contributed by atoms with Crippen molar-refractivity contribution in [1.29, 1.82) is 0 Å². The van der Waals surface area contributed by atoms with Gasteiger partial charge in [-0.05, 0) is 24.5 Å². The maximum Gasteiger partial charge on any atom is 0.140 e. The third-order valence-corrected chi connectivity index (χ3v) is 3.77. The van der Waals surface area contributed by atoms with Gasteiger partial charge in [0.2, 0.25) is 0 Å². The molecule has 0 aromatic heterocycles. The summed E-state index contributed by atoms with van der Waals surface area (Å²) in [4.78, 5) is 0. The van der Waals surface area contributed by atoms with Crippen molar-refractivity contribution >= 4 is 27.5 Å². The van der Waals surface area contributed by atoms with Crippen molar-refractivity contribution in [3.05, 3.63) is 27.2 Å². The number of phenols is 1. The van der Waals surface area contributed by atoms with E-state index in [0.717, 1.165) is 22.4 Å². The fourth-order valence-corrected chi connectivity index (χ4v) is 2.52. The maximum atomic E-state index is 9.84. The molecule has 2 rings (SSSR count). The van der Waals surface area contributed by atoms with Crippen LogP contribution in [0.1, 0.15) is 30.9 Å². The SMILES string of the molecule is N[C@H](CC1CC1)c1c(Br)ccc(Cl)c1O. The number of hydrogen-bond donors (Lipinski definition) is 2. The van der Waals surface area contributed by atoms with Gasteiger partial charge in [0.25, 0.3) is 0 Å². The highest BCUT2D eigenvalue weighted by atomic mass is 79.9. The van der Waals surface area contributed by atoms with Gasteiger partial charge < -0.3 is 10.8 Å². The summed E-state index contributed by atoms with van der Waals surface area (Å²) >= 11 is 9.25. The van der Waals surface area contributed by atoms with E-state index in [4.69, 9.17) is 17.3 Å². The van der Waals surface area contributed by atoms with Gasteiger partial charge in [-0.3, -0.25) is 0 Å². The molecule has 15 heavy (non-hydrogen) atoms. The minimum Gasteiger partial charge on any atom is -0.506 e. The molecule has 0 radical (unpaired) electrons. The van der Waals surface area contributed by atoms with E-state index >= 15 is 0 Å². The van der Waals surface area contributed by atoms with E-state index in [2.05, 4.69) is 15.9 Å². The number of rotatable bonds is 3. The number of aromatic hydroxyl groups is 1. The van der Waals surface area contributed by atoms with Gasteiger partial charge in [-0.25, -0.2) is 0 Å². The van der Waals surface area contributed by atoms with Crippen molar-refractivity contribution in [2.75, 3.05) is 0 Å². The van der Waals surface area contributed by atoms with Crippen LogP contribution in [0.15, 0.2) is 16.6 Å². The molecule has 1 fully saturated rings. The molecule has 0 spiro atoms. The van der Waals surface area contributed by atoms with Gasteiger partial charge in [0, 0.05) is 16.1 Å². The van der Waals surface area contributed by atoms with Crippen LogP contribution in [0.2, 0.25) is 5.02 Å². The van der Waals surface area contributed by atoms with E-state index in [1.807, 2.05) is 6.07 Å². The zero-order chi connectivity index (χ0) is 11.0. The Hall–Kier alpha value is -0.250. The van der Waals surface area contributed by atoms with E-state index in [0.29, 0.717) is 5.02 Å². The highest BCUT2D eigenvalue weighted by molar-refractivity contribution is 9.10. The average Bonchev–Trinajstić information content (AvgIpc) is 2.96. The van der Waals surface area contributed by atoms with Crippen LogP contribution >= 0.6 is 27.5 Å². The Morgan fingerprint density at radius 1 is 1.53 bits per heavy atom. The first kappa shape index (κ1) is 11.2. The molecule has 0 heterocycles. The Morgan fingerprint density at radius 3 is 2.80 bits per heavy atom. The maximum absolute atomic E-state index is 9.84. The lowest BCUT2D eigenvalue weighted by Gasteiger charge is -2.15. The highest BCUT2D eigenvalue weighted by Crippen LogP contribution is 2.42. The van der Waals surface area contributed by atoms with E-state index in [9.17, 15) is 5.11 Å². The molecule has 0 aliphatic heterocycles. The van der Waals surface area contributed by atoms with Gasteiger partial charge in [-0.15, -0.1) is 0 Å². The number of halogens is 2. The van der Waals surface area contributed by atoms with E-state index in [1.165, 1.54) is 12.8 Å². The Morgan fingerprint density at radius 2 is 2.20 bits per heavy atom. The third-order valence-electron chi connectivity index (χ3n) is 2.77. The predicted octanol–water partition coefficient (Wildman–Crippen LogP) is 3.61. The van der Waals surface area contributed by atoms with Crippen molar-refractivity contribution < 1.29 is 5.11 Å². The number of hydrogen-bond acceptors (Lipinski definition) is 2. The van der Waals surface area contributed by atoms with Crippen LogP contribution in [-0.4, -0.2) is 5.11 Å². The summed E-state index contributed by atoms with van der Waals surface area (Å²) in [6.45, 7) is 0. The number of nitrogens with two attached hydrogens (primary N) is 1. The van der Waals surface area contributed by atoms with Crippen molar-refractivity contribution in [2.45, 2.75) is 25.3 Å².